The van der Waals surface area contributed by atoms with Crippen LogP contribution in [0, 0.1) is 0 Å². The lowest BCUT2D eigenvalue weighted by molar-refractivity contribution is 0.299. The molecular formula is C10H14N2. The molecule has 2 atom stereocenters. The van der Waals surface area contributed by atoms with Crippen LogP contribution in [0.2, 0.25) is 0 Å². The summed E-state index contributed by atoms with van der Waals surface area (Å²) in [6.45, 7) is 2.06. The van der Waals surface area contributed by atoms with E-state index in [2.05, 4.69) is 43.3 Å². The minimum absolute atomic E-state index is 0.234. The molecule has 0 saturated carbocycles. The monoisotopic (exact) mass is 162 g/mol. The molecule has 12 heavy (non-hydrogen) atoms. The molecular weight excluding hydrogens is 148 g/mol. The molecule has 2 unspecified atom stereocenters. The van der Waals surface area contributed by atoms with Gasteiger partial charge in [0.05, 0.1) is 11.6 Å². The van der Waals surface area contributed by atoms with Crippen molar-refractivity contribution in [2.75, 3.05) is 7.05 Å². The third-order valence-corrected chi connectivity index (χ3v) is 2.56. The van der Waals surface area contributed by atoms with Crippen molar-refractivity contribution in [2.24, 2.45) is 5.73 Å². The Labute approximate surface area is 73.0 Å². The third-order valence-electron chi connectivity index (χ3n) is 2.56. The zero-order chi connectivity index (χ0) is 8.77. The van der Waals surface area contributed by atoms with Crippen LogP contribution >= 0.6 is 0 Å². The first kappa shape index (κ1) is 7.62. The molecule has 0 bridgehead atoms. The molecule has 1 aliphatic heterocycles. The van der Waals surface area contributed by atoms with Crippen LogP contribution in [-0.2, 0) is 0 Å². The predicted molar refractivity (Wildman–Crippen MR) is 50.5 cm³/mol. The number of allylic oxidation sites excluding steroid dienone is 2. The molecule has 0 radical (unpaired) electrons. The molecule has 2 nitrogen and oxygen atoms in total. The van der Waals surface area contributed by atoms with E-state index < -0.39 is 0 Å². The lowest BCUT2D eigenvalue weighted by Gasteiger charge is -2.36. The summed E-state index contributed by atoms with van der Waals surface area (Å²) < 4.78 is 0. The molecule has 2 heteroatoms. The SMILES string of the molecule is CN1C=CC2=CC=CC(C)(N)C21. The smallest absolute Gasteiger partial charge is 0.0747 e. The lowest BCUT2D eigenvalue weighted by atomic mass is 9.84. The Morgan fingerprint density at radius 2 is 2.33 bits per heavy atom. The van der Waals surface area contributed by atoms with Crippen LogP contribution in [0.4, 0.5) is 0 Å². The van der Waals surface area contributed by atoms with Crippen LogP contribution in [0.15, 0.2) is 36.1 Å². The summed E-state index contributed by atoms with van der Waals surface area (Å²) in [5.41, 5.74) is 7.22. The van der Waals surface area contributed by atoms with Crippen molar-refractivity contribution in [1.29, 1.82) is 0 Å². The topological polar surface area (TPSA) is 29.3 Å². The van der Waals surface area contributed by atoms with Gasteiger partial charge in [-0.05, 0) is 24.8 Å². The highest BCUT2D eigenvalue weighted by molar-refractivity contribution is 5.42. The molecule has 0 spiro atoms. The second-order valence-electron chi connectivity index (χ2n) is 3.78. The summed E-state index contributed by atoms with van der Waals surface area (Å²) in [6, 6.07) is 0.322. The lowest BCUT2D eigenvalue weighted by Crippen LogP contribution is -2.52. The first-order valence-electron chi connectivity index (χ1n) is 4.20. The molecule has 2 aliphatic rings. The molecule has 2 N–H and O–H groups in total. The van der Waals surface area contributed by atoms with E-state index in [1.807, 2.05) is 6.08 Å². The summed E-state index contributed by atoms with van der Waals surface area (Å²) in [5.74, 6) is 0. The fourth-order valence-electron chi connectivity index (χ4n) is 2.02. The molecule has 0 amide bonds. The Bertz CT molecular complexity index is 284. The van der Waals surface area contributed by atoms with Crippen molar-refractivity contribution < 1.29 is 0 Å². The van der Waals surface area contributed by atoms with Crippen LogP contribution in [0.25, 0.3) is 0 Å². The van der Waals surface area contributed by atoms with E-state index in [9.17, 15) is 0 Å². The Kier molecular flexibility index (Phi) is 1.42. The maximum absolute atomic E-state index is 6.14. The van der Waals surface area contributed by atoms with E-state index in [4.69, 9.17) is 5.73 Å². The van der Waals surface area contributed by atoms with E-state index in [-0.39, 0.29) is 5.54 Å². The van der Waals surface area contributed by atoms with E-state index >= 15 is 0 Å². The van der Waals surface area contributed by atoms with Gasteiger partial charge in [0, 0.05) is 7.05 Å². The fraction of sp³-hybridized carbons (Fsp3) is 0.400. The average molecular weight is 162 g/mol. The van der Waals surface area contributed by atoms with Crippen LogP contribution in [0.1, 0.15) is 6.92 Å². The van der Waals surface area contributed by atoms with Gasteiger partial charge in [-0.2, -0.15) is 0 Å². The van der Waals surface area contributed by atoms with Crippen molar-refractivity contribution in [3.8, 4) is 0 Å². The van der Waals surface area contributed by atoms with Crippen molar-refractivity contribution in [1.82, 2.24) is 4.90 Å². The third kappa shape index (κ3) is 0.916. The van der Waals surface area contributed by atoms with E-state index in [0.29, 0.717) is 6.04 Å². The van der Waals surface area contributed by atoms with Gasteiger partial charge in [0.25, 0.3) is 0 Å². The maximum Gasteiger partial charge on any atom is 0.0747 e. The standard InChI is InChI=1S/C10H14N2/c1-10(11)6-3-4-8-5-7-12(2)9(8)10/h3-7,9H,11H2,1-2H3. The number of nitrogens with two attached hydrogens (primary N) is 1. The molecule has 64 valence electrons. The van der Waals surface area contributed by atoms with Crippen LogP contribution < -0.4 is 5.73 Å². The summed E-state index contributed by atoms with van der Waals surface area (Å²) in [4.78, 5) is 2.16. The number of hydrogen-bond acceptors (Lipinski definition) is 2. The van der Waals surface area contributed by atoms with Crippen LogP contribution in [0.3, 0.4) is 0 Å². The highest BCUT2D eigenvalue weighted by atomic mass is 15.2. The molecule has 1 heterocycles. The van der Waals surface area contributed by atoms with Gasteiger partial charge in [-0.1, -0.05) is 18.2 Å². The van der Waals surface area contributed by atoms with Crippen LogP contribution in [-0.4, -0.2) is 23.5 Å². The van der Waals surface area contributed by atoms with Gasteiger partial charge in [-0.3, -0.25) is 0 Å². The Morgan fingerprint density at radius 3 is 3.00 bits per heavy atom. The van der Waals surface area contributed by atoms with E-state index in [0.717, 1.165) is 0 Å². The van der Waals surface area contributed by atoms with Gasteiger partial charge in [0.2, 0.25) is 0 Å². The maximum atomic E-state index is 6.14. The second kappa shape index (κ2) is 2.23. The van der Waals surface area contributed by atoms with E-state index in [1.54, 1.807) is 0 Å². The molecule has 0 aromatic carbocycles. The van der Waals surface area contributed by atoms with Gasteiger partial charge in [-0.15, -0.1) is 0 Å². The van der Waals surface area contributed by atoms with Crippen molar-refractivity contribution >= 4 is 0 Å². The quantitative estimate of drug-likeness (QED) is 0.576. The first-order valence-corrected chi connectivity index (χ1v) is 4.20. The molecule has 1 aliphatic carbocycles. The Hall–Kier alpha value is -1.02. The van der Waals surface area contributed by atoms with Gasteiger partial charge in [0.1, 0.15) is 0 Å². The Morgan fingerprint density at radius 1 is 1.58 bits per heavy atom. The molecule has 0 aromatic rings. The van der Waals surface area contributed by atoms with Gasteiger partial charge < -0.3 is 10.6 Å². The predicted octanol–water partition coefficient (Wildman–Crippen LogP) is 1.03. The highest BCUT2D eigenvalue weighted by Crippen LogP contribution is 2.30. The summed E-state index contributed by atoms with van der Waals surface area (Å²) in [7, 11) is 2.06. The van der Waals surface area contributed by atoms with E-state index in [1.165, 1.54) is 5.57 Å². The fourth-order valence-corrected chi connectivity index (χ4v) is 2.02. The van der Waals surface area contributed by atoms with Crippen molar-refractivity contribution in [3.05, 3.63) is 36.1 Å². The van der Waals surface area contributed by atoms with Crippen molar-refractivity contribution in [3.63, 3.8) is 0 Å². The largest absolute Gasteiger partial charge is 0.371 e. The Balaban J connectivity index is 2.40. The van der Waals surface area contributed by atoms with Gasteiger partial charge in [0.15, 0.2) is 0 Å². The number of fused-ring (bicyclic) bond motifs is 1. The van der Waals surface area contributed by atoms with Crippen LogP contribution in [0.5, 0.6) is 0 Å². The molecule has 0 saturated heterocycles. The summed E-state index contributed by atoms with van der Waals surface area (Å²) >= 11 is 0. The highest BCUT2D eigenvalue weighted by Gasteiger charge is 2.36. The minimum atomic E-state index is -0.234. The number of nitrogens with zero attached hydrogens (tertiary/aromatic N) is 1. The van der Waals surface area contributed by atoms with Crippen molar-refractivity contribution in [2.45, 2.75) is 18.5 Å². The number of likely N-dealkylation sites (N-methyl/N-ethyl adjacent to an activating group) is 1. The summed E-state index contributed by atoms with van der Waals surface area (Å²) in [5, 5.41) is 0. The molecule has 0 fully saturated rings. The zero-order valence-electron chi connectivity index (χ0n) is 7.49. The second-order valence-corrected chi connectivity index (χ2v) is 3.78. The van der Waals surface area contributed by atoms with Gasteiger partial charge >= 0.3 is 0 Å². The average Bonchev–Trinajstić information content (AvgIpc) is 2.32. The number of hydrogen-bond donors (Lipinski definition) is 1. The minimum Gasteiger partial charge on any atom is -0.371 e. The first-order chi connectivity index (χ1) is 5.61. The van der Waals surface area contributed by atoms with Gasteiger partial charge in [-0.25, -0.2) is 0 Å². The molecule has 0 aromatic heterocycles. The normalized spacial score (nSPS) is 38.4. The zero-order valence-corrected chi connectivity index (χ0v) is 7.49. The number of rotatable bonds is 0. The summed E-state index contributed by atoms with van der Waals surface area (Å²) in [6.07, 6.45) is 10.4. The molecule has 2 rings (SSSR count).